The zero-order valence-corrected chi connectivity index (χ0v) is 17.5. The third-order valence-electron chi connectivity index (χ3n) is 4.62. The van der Waals surface area contributed by atoms with Crippen LogP contribution in [-0.4, -0.2) is 34.2 Å². The fraction of sp³-hybridized carbons (Fsp3) is 0.409. The van der Waals surface area contributed by atoms with Crippen LogP contribution in [0.4, 0.5) is 29.3 Å². The molecule has 2 rings (SSSR count). The molecule has 3 N–H and O–H groups in total. The van der Waals surface area contributed by atoms with Crippen LogP contribution < -0.4 is 10.6 Å². The van der Waals surface area contributed by atoms with Crippen LogP contribution in [0.25, 0.3) is 0 Å². The number of rotatable bonds is 7. The minimum atomic E-state index is -4.41. The number of carboxylic acid groups (broad SMARTS) is 1. The van der Waals surface area contributed by atoms with Gasteiger partial charge in [0.25, 0.3) is 0 Å². The van der Waals surface area contributed by atoms with Crippen LogP contribution >= 0.6 is 0 Å². The molecular weight excluding hydrogens is 395 g/mol. The first-order valence-corrected chi connectivity index (χ1v) is 9.64. The first kappa shape index (κ1) is 23.5. The smallest absolute Gasteiger partial charge is 0.416 e. The summed E-state index contributed by atoms with van der Waals surface area (Å²) in [4.78, 5) is 12.9. The van der Waals surface area contributed by atoms with Crippen LogP contribution in [0.1, 0.15) is 38.8 Å². The highest BCUT2D eigenvalue weighted by molar-refractivity contribution is 5.66. The molecule has 164 valence electrons. The van der Waals surface area contributed by atoms with Crippen molar-refractivity contribution in [1.29, 1.82) is 0 Å². The van der Waals surface area contributed by atoms with Gasteiger partial charge >= 0.3 is 12.3 Å². The zero-order valence-electron chi connectivity index (χ0n) is 17.5. The molecule has 2 aromatic rings. The molecule has 2 aromatic carbocycles. The van der Waals surface area contributed by atoms with Gasteiger partial charge in [-0.15, -0.1) is 0 Å². The van der Waals surface area contributed by atoms with Crippen LogP contribution in [0.5, 0.6) is 0 Å². The monoisotopic (exact) mass is 423 g/mol. The van der Waals surface area contributed by atoms with Crippen molar-refractivity contribution in [1.82, 2.24) is 10.2 Å². The second kappa shape index (κ2) is 9.38. The summed E-state index contributed by atoms with van der Waals surface area (Å²) in [5.41, 5.74) is 0.648. The summed E-state index contributed by atoms with van der Waals surface area (Å²) in [6.07, 6.45) is -5.39. The van der Waals surface area contributed by atoms with Gasteiger partial charge in [-0.25, -0.2) is 4.79 Å². The van der Waals surface area contributed by atoms with E-state index in [1.807, 2.05) is 39.8 Å². The molecule has 30 heavy (non-hydrogen) atoms. The van der Waals surface area contributed by atoms with Crippen molar-refractivity contribution >= 4 is 17.5 Å². The SMILES string of the molecule is CC(CN(C(=O)O)C(C)(C)C)NCc1ccccc1Nc1cccc(C(F)(F)F)c1. The topological polar surface area (TPSA) is 64.6 Å². The maximum atomic E-state index is 13.0. The molecule has 0 radical (unpaired) electrons. The number of nitrogens with zero attached hydrogens (tertiary/aromatic N) is 1. The largest absolute Gasteiger partial charge is 0.465 e. The molecule has 0 aliphatic carbocycles. The van der Waals surface area contributed by atoms with Crippen molar-refractivity contribution in [3.63, 3.8) is 0 Å². The fourth-order valence-corrected chi connectivity index (χ4v) is 2.99. The Morgan fingerprint density at radius 1 is 1.10 bits per heavy atom. The highest BCUT2D eigenvalue weighted by Gasteiger charge is 2.30. The van der Waals surface area contributed by atoms with E-state index in [4.69, 9.17) is 0 Å². The van der Waals surface area contributed by atoms with Gasteiger partial charge in [0, 0.05) is 36.0 Å². The highest BCUT2D eigenvalue weighted by atomic mass is 19.4. The van der Waals surface area contributed by atoms with Gasteiger partial charge in [0.1, 0.15) is 0 Å². The number of hydrogen-bond donors (Lipinski definition) is 3. The average Bonchev–Trinajstić information content (AvgIpc) is 2.64. The molecule has 0 spiro atoms. The molecule has 0 aliphatic heterocycles. The Hall–Kier alpha value is -2.74. The van der Waals surface area contributed by atoms with Gasteiger partial charge in [0.05, 0.1) is 5.56 Å². The van der Waals surface area contributed by atoms with Gasteiger partial charge in [-0.2, -0.15) is 13.2 Å². The van der Waals surface area contributed by atoms with Crippen molar-refractivity contribution in [3.05, 3.63) is 59.7 Å². The Morgan fingerprint density at radius 3 is 2.37 bits per heavy atom. The predicted molar refractivity (Wildman–Crippen MR) is 112 cm³/mol. The number of para-hydroxylation sites is 1. The molecule has 1 atom stereocenters. The summed E-state index contributed by atoms with van der Waals surface area (Å²) in [6.45, 7) is 8.14. The maximum Gasteiger partial charge on any atom is 0.416 e. The second-order valence-corrected chi connectivity index (χ2v) is 8.21. The van der Waals surface area contributed by atoms with Crippen LogP contribution in [0.15, 0.2) is 48.5 Å². The Bertz CT molecular complexity index is 863. The summed E-state index contributed by atoms with van der Waals surface area (Å²) in [6, 6.07) is 12.2. The van der Waals surface area contributed by atoms with E-state index in [0.717, 1.165) is 17.7 Å². The van der Waals surface area contributed by atoms with Crippen LogP contribution in [0, 0.1) is 0 Å². The molecule has 1 unspecified atom stereocenters. The lowest BCUT2D eigenvalue weighted by atomic mass is 10.1. The van der Waals surface area contributed by atoms with Crippen LogP contribution in [0.3, 0.4) is 0 Å². The molecule has 0 aliphatic rings. The van der Waals surface area contributed by atoms with E-state index in [9.17, 15) is 23.1 Å². The molecule has 0 saturated heterocycles. The molecule has 0 fully saturated rings. The number of benzene rings is 2. The van der Waals surface area contributed by atoms with Gasteiger partial charge < -0.3 is 20.6 Å². The number of anilines is 2. The van der Waals surface area contributed by atoms with Gasteiger partial charge in [-0.1, -0.05) is 24.3 Å². The molecule has 5 nitrogen and oxygen atoms in total. The van der Waals surface area contributed by atoms with Crippen LogP contribution in [0.2, 0.25) is 0 Å². The van der Waals surface area contributed by atoms with Gasteiger partial charge in [-0.05, 0) is 57.5 Å². The molecule has 1 amide bonds. The number of halogens is 3. The average molecular weight is 423 g/mol. The fourth-order valence-electron chi connectivity index (χ4n) is 2.99. The highest BCUT2D eigenvalue weighted by Crippen LogP contribution is 2.31. The lowest BCUT2D eigenvalue weighted by Crippen LogP contribution is -2.50. The van der Waals surface area contributed by atoms with E-state index < -0.39 is 23.4 Å². The van der Waals surface area contributed by atoms with E-state index in [1.165, 1.54) is 11.0 Å². The number of hydrogen-bond acceptors (Lipinski definition) is 3. The first-order valence-electron chi connectivity index (χ1n) is 9.64. The maximum absolute atomic E-state index is 13.0. The molecular formula is C22H28F3N3O2. The summed E-state index contributed by atoms with van der Waals surface area (Å²) in [7, 11) is 0. The third kappa shape index (κ3) is 6.66. The van der Waals surface area contributed by atoms with E-state index in [2.05, 4.69) is 10.6 Å². The molecule has 8 heteroatoms. The van der Waals surface area contributed by atoms with E-state index in [-0.39, 0.29) is 6.04 Å². The van der Waals surface area contributed by atoms with Crippen molar-refractivity contribution in [2.75, 3.05) is 11.9 Å². The Morgan fingerprint density at radius 2 is 1.77 bits per heavy atom. The summed E-state index contributed by atoms with van der Waals surface area (Å²) in [5, 5.41) is 15.8. The minimum absolute atomic E-state index is 0.123. The lowest BCUT2D eigenvalue weighted by molar-refractivity contribution is -0.137. The van der Waals surface area contributed by atoms with Gasteiger partial charge in [0.15, 0.2) is 0 Å². The number of nitrogens with one attached hydrogen (secondary N) is 2. The second-order valence-electron chi connectivity index (χ2n) is 8.21. The minimum Gasteiger partial charge on any atom is -0.465 e. The number of carbonyl (C=O) groups is 1. The lowest BCUT2D eigenvalue weighted by Gasteiger charge is -2.35. The van der Waals surface area contributed by atoms with E-state index >= 15 is 0 Å². The number of alkyl halides is 3. The summed E-state index contributed by atoms with van der Waals surface area (Å²) in [5.74, 6) is 0. The van der Waals surface area contributed by atoms with Gasteiger partial charge in [0.2, 0.25) is 0 Å². The summed E-state index contributed by atoms with van der Waals surface area (Å²) < 4.78 is 38.9. The normalized spacial score (nSPS) is 13.0. The van der Waals surface area contributed by atoms with Crippen LogP contribution in [-0.2, 0) is 12.7 Å². The van der Waals surface area contributed by atoms with Crippen molar-refractivity contribution < 1.29 is 23.1 Å². The molecule has 0 heterocycles. The Kier molecular flexibility index (Phi) is 7.36. The van der Waals surface area contributed by atoms with Crippen molar-refractivity contribution in [2.45, 2.75) is 52.0 Å². The predicted octanol–water partition coefficient (Wildman–Crippen LogP) is 5.71. The quantitative estimate of drug-likeness (QED) is 0.534. The molecule has 0 aromatic heterocycles. The Labute approximate surface area is 174 Å². The zero-order chi connectivity index (χ0) is 22.5. The molecule has 0 bridgehead atoms. The van der Waals surface area contributed by atoms with Crippen molar-refractivity contribution in [2.24, 2.45) is 0 Å². The molecule has 0 saturated carbocycles. The van der Waals surface area contributed by atoms with Gasteiger partial charge in [-0.3, -0.25) is 0 Å². The van der Waals surface area contributed by atoms with Crippen molar-refractivity contribution in [3.8, 4) is 0 Å². The standard InChI is InChI=1S/C22H28F3N3O2/c1-15(14-28(20(29)30)21(2,3)4)26-13-16-8-5-6-11-19(16)27-18-10-7-9-17(12-18)22(23,24)25/h5-12,15,26-27H,13-14H2,1-4H3,(H,29,30). The van der Waals surface area contributed by atoms with E-state index in [1.54, 1.807) is 18.2 Å². The third-order valence-corrected chi connectivity index (χ3v) is 4.62. The first-order chi connectivity index (χ1) is 13.9. The Balaban J connectivity index is 2.08. The number of amides is 1. The van der Waals surface area contributed by atoms with E-state index in [0.29, 0.717) is 24.5 Å². The summed E-state index contributed by atoms with van der Waals surface area (Å²) >= 11 is 0.